The molecule has 0 fully saturated rings. The maximum absolute atomic E-state index is 12.1. The molecule has 1 aromatic carbocycles. The number of hydrogen-bond acceptors (Lipinski definition) is 5. The molecule has 0 saturated carbocycles. The first kappa shape index (κ1) is 16.4. The second-order valence-corrected chi connectivity index (χ2v) is 6.14. The molecule has 0 spiro atoms. The van der Waals surface area contributed by atoms with Gasteiger partial charge in [0.05, 0.1) is 22.1 Å². The van der Waals surface area contributed by atoms with Gasteiger partial charge in [0.25, 0.3) is 5.56 Å². The summed E-state index contributed by atoms with van der Waals surface area (Å²) >= 11 is 0. The highest BCUT2D eigenvalue weighted by molar-refractivity contribution is 5.92. The average Bonchev–Trinajstić information content (AvgIpc) is 2.83. The second kappa shape index (κ2) is 6.60. The number of nitrogens with two attached hydrogens (primary N) is 1. The van der Waals surface area contributed by atoms with E-state index >= 15 is 0 Å². The molecule has 3 N–H and O–H groups in total. The number of fused-ring (bicyclic) bond motifs is 2. The minimum Gasteiger partial charge on any atom is -0.382 e. The molecule has 0 bridgehead atoms. The van der Waals surface area contributed by atoms with Gasteiger partial charge >= 0.3 is 0 Å². The molecule has 7 nitrogen and oxygen atoms in total. The zero-order chi connectivity index (χ0) is 17.3. The number of nitrogens with one attached hydrogen (secondary N) is 1. The zero-order valence-corrected chi connectivity index (χ0v) is 14.3. The lowest BCUT2D eigenvalue weighted by Gasteiger charge is -2.08. The number of nitrogen functional groups attached to an aromatic ring is 1. The van der Waals surface area contributed by atoms with Crippen LogP contribution in [-0.2, 0) is 11.3 Å². The Morgan fingerprint density at radius 3 is 2.79 bits per heavy atom. The van der Waals surface area contributed by atoms with Crippen LogP contribution in [0.15, 0.2) is 16.9 Å². The summed E-state index contributed by atoms with van der Waals surface area (Å²) in [7, 11) is 0. The van der Waals surface area contributed by atoms with Gasteiger partial charge in [0, 0.05) is 25.7 Å². The molecule has 3 rings (SSSR count). The van der Waals surface area contributed by atoms with Gasteiger partial charge in [0.1, 0.15) is 5.69 Å². The molecule has 7 heteroatoms. The van der Waals surface area contributed by atoms with Gasteiger partial charge in [-0.15, -0.1) is 0 Å². The van der Waals surface area contributed by atoms with Crippen molar-refractivity contribution in [3.63, 3.8) is 0 Å². The summed E-state index contributed by atoms with van der Waals surface area (Å²) in [5.41, 5.74) is 9.55. The monoisotopic (exact) mass is 329 g/mol. The lowest BCUT2D eigenvalue weighted by atomic mass is 10.1. The molecule has 0 radical (unpaired) electrons. The van der Waals surface area contributed by atoms with E-state index in [1.54, 1.807) is 0 Å². The Morgan fingerprint density at radius 1 is 1.29 bits per heavy atom. The predicted molar refractivity (Wildman–Crippen MR) is 95.3 cm³/mol. The van der Waals surface area contributed by atoms with Crippen molar-refractivity contribution in [3.8, 4) is 0 Å². The van der Waals surface area contributed by atoms with E-state index in [2.05, 4.69) is 15.0 Å². The molecule has 0 aliphatic carbocycles. The molecule has 0 amide bonds. The van der Waals surface area contributed by atoms with Crippen LogP contribution in [0.5, 0.6) is 0 Å². The average molecular weight is 329 g/mol. The Morgan fingerprint density at radius 2 is 2.08 bits per heavy atom. The maximum atomic E-state index is 12.1. The molecule has 2 aromatic heterocycles. The number of nitrogens with zero attached hydrogens (tertiary/aromatic N) is 3. The van der Waals surface area contributed by atoms with Crippen LogP contribution < -0.4 is 11.3 Å². The van der Waals surface area contributed by atoms with Gasteiger partial charge in [-0.1, -0.05) is 13.8 Å². The van der Waals surface area contributed by atoms with Crippen LogP contribution in [0.25, 0.3) is 22.1 Å². The highest BCUT2D eigenvalue weighted by atomic mass is 16.5. The van der Waals surface area contributed by atoms with Crippen molar-refractivity contribution in [1.82, 2.24) is 19.5 Å². The summed E-state index contributed by atoms with van der Waals surface area (Å²) in [4.78, 5) is 23.9. The summed E-state index contributed by atoms with van der Waals surface area (Å²) in [5, 5.41) is 0. The minimum atomic E-state index is -0.152. The first-order valence-electron chi connectivity index (χ1n) is 8.28. The standard InChI is InChI=1S/C17H23N5O2/c1-4-24-7-5-6-22-14-9-12-11(8-13(14)21-17(22)18)20-16(23)15(19-12)10(2)3/h8-10H,4-7H2,1-3H3,(H2,18,21)(H,20,23). The summed E-state index contributed by atoms with van der Waals surface area (Å²) in [6.07, 6.45) is 0.859. The fourth-order valence-corrected chi connectivity index (χ4v) is 2.83. The molecule has 2 heterocycles. The number of anilines is 1. The number of H-pyrrole nitrogens is 1. The third-order valence-corrected chi connectivity index (χ3v) is 4.04. The van der Waals surface area contributed by atoms with Gasteiger partial charge in [-0.2, -0.15) is 0 Å². The van der Waals surface area contributed by atoms with E-state index in [9.17, 15) is 4.79 Å². The Balaban J connectivity index is 2.07. The van der Waals surface area contributed by atoms with Gasteiger partial charge in [-0.3, -0.25) is 4.79 Å². The van der Waals surface area contributed by atoms with Gasteiger partial charge in [-0.25, -0.2) is 9.97 Å². The lowest BCUT2D eigenvalue weighted by molar-refractivity contribution is 0.142. The Hall–Kier alpha value is -2.41. The van der Waals surface area contributed by atoms with Gasteiger partial charge in [0.2, 0.25) is 5.95 Å². The lowest BCUT2D eigenvalue weighted by Crippen LogP contribution is -2.16. The molecule has 0 unspecified atom stereocenters. The van der Waals surface area contributed by atoms with Crippen molar-refractivity contribution in [1.29, 1.82) is 0 Å². The fraction of sp³-hybridized carbons (Fsp3) is 0.471. The second-order valence-electron chi connectivity index (χ2n) is 6.14. The van der Waals surface area contributed by atoms with Crippen molar-refractivity contribution < 1.29 is 4.74 Å². The van der Waals surface area contributed by atoms with E-state index in [1.807, 2.05) is 37.5 Å². The highest BCUT2D eigenvalue weighted by Crippen LogP contribution is 2.23. The normalized spacial score (nSPS) is 11.8. The number of benzene rings is 1. The maximum Gasteiger partial charge on any atom is 0.270 e. The van der Waals surface area contributed by atoms with Crippen LogP contribution in [0.4, 0.5) is 5.95 Å². The summed E-state index contributed by atoms with van der Waals surface area (Å²) in [6.45, 7) is 8.02. The van der Waals surface area contributed by atoms with E-state index in [0.717, 1.165) is 29.5 Å². The van der Waals surface area contributed by atoms with E-state index in [1.165, 1.54) is 0 Å². The number of hydrogen-bond donors (Lipinski definition) is 2. The number of aromatic amines is 1. The van der Waals surface area contributed by atoms with Crippen molar-refractivity contribution in [2.24, 2.45) is 0 Å². The third-order valence-electron chi connectivity index (χ3n) is 4.04. The van der Waals surface area contributed by atoms with Crippen LogP contribution in [0.1, 0.15) is 38.8 Å². The summed E-state index contributed by atoms with van der Waals surface area (Å²) in [6, 6.07) is 3.77. The molecular formula is C17H23N5O2. The molecular weight excluding hydrogens is 306 g/mol. The number of aromatic nitrogens is 4. The Bertz CT molecular complexity index is 926. The topological polar surface area (TPSA) is 98.8 Å². The van der Waals surface area contributed by atoms with E-state index in [0.29, 0.717) is 30.4 Å². The quantitative estimate of drug-likeness (QED) is 0.677. The van der Waals surface area contributed by atoms with Gasteiger partial charge in [0.15, 0.2) is 0 Å². The SMILES string of the molecule is CCOCCCn1c(N)nc2cc3[nH]c(=O)c(C(C)C)nc3cc21. The van der Waals surface area contributed by atoms with E-state index in [4.69, 9.17) is 10.5 Å². The van der Waals surface area contributed by atoms with Crippen LogP contribution >= 0.6 is 0 Å². The fourth-order valence-electron chi connectivity index (χ4n) is 2.83. The summed E-state index contributed by atoms with van der Waals surface area (Å²) < 4.78 is 7.35. The summed E-state index contributed by atoms with van der Waals surface area (Å²) in [5.74, 6) is 0.526. The molecule has 0 saturated heterocycles. The number of imidazole rings is 1. The molecule has 128 valence electrons. The first-order chi connectivity index (χ1) is 11.5. The Labute approximate surface area is 139 Å². The van der Waals surface area contributed by atoms with Crippen LogP contribution in [-0.4, -0.2) is 32.7 Å². The smallest absolute Gasteiger partial charge is 0.270 e. The largest absolute Gasteiger partial charge is 0.382 e. The zero-order valence-electron chi connectivity index (χ0n) is 14.3. The van der Waals surface area contributed by atoms with E-state index < -0.39 is 0 Å². The van der Waals surface area contributed by atoms with Crippen molar-refractivity contribution in [3.05, 3.63) is 28.2 Å². The van der Waals surface area contributed by atoms with Crippen molar-refractivity contribution in [2.45, 2.75) is 39.7 Å². The van der Waals surface area contributed by atoms with Crippen molar-refractivity contribution >= 4 is 28.0 Å². The molecule has 24 heavy (non-hydrogen) atoms. The molecule has 3 aromatic rings. The first-order valence-corrected chi connectivity index (χ1v) is 8.28. The molecule has 0 atom stereocenters. The van der Waals surface area contributed by atoms with Crippen LogP contribution in [0.3, 0.4) is 0 Å². The van der Waals surface area contributed by atoms with E-state index in [-0.39, 0.29) is 11.5 Å². The van der Waals surface area contributed by atoms with Crippen molar-refractivity contribution in [2.75, 3.05) is 18.9 Å². The minimum absolute atomic E-state index is 0.0648. The third kappa shape index (κ3) is 2.99. The van der Waals surface area contributed by atoms with Gasteiger partial charge < -0.3 is 20.0 Å². The predicted octanol–water partition coefficient (Wildman–Crippen LogP) is 2.41. The molecule has 0 aliphatic rings. The van der Waals surface area contributed by atoms with Gasteiger partial charge in [-0.05, 0) is 25.5 Å². The van der Waals surface area contributed by atoms with Crippen LogP contribution in [0, 0.1) is 0 Å². The Kier molecular flexibility index (Phi) is 4.53. The number of aryl methyl sites for hydroxylation is 1. The highest BCUT2D eigenvalue weighted by Gasteiger charge is 2.13. The number of rotatable bonds is 6. The number of ether oxygens (including phenoxy) is 1. The molecule has 0 aliphatic heterocycles. The van der Waals surface area contributed by atoms with Crippen LogP contribution in [0.2, 0.25) is 0 Å².